The molecule has 3 aromatic rings. The van der Waals surface area contributed by atoms with Gasteiger partial charge < -0.3 is 14.8 Å². The molecule has 124 valence electrons. The van der Waals surface area contributed by atoms with Gasteiger partial charge >= 0.3 is 0 Å². The summed E-state index contributed by atoms with van der Waals surface area (Å²) in [5.41, 5.74) is 2.07. The van der Waals surface area contributed by atoms with E-state index in [1.807, 2.05) is 32.0 Å². The van der Waals surface area contributed by atoms with Gasteiger partial charge in [0.15, 0.2) is 11.5 Å². The molecule has 1 amide bonds. The van der Waals surface area contributed by atoms with Crippen molar-refractivity contribution in [2.24, 2.45) is 0 Å². The smallest absolute Gasteiger partial charge is 0.255 e. The highest BCUT2D eigenvalue weighted by atomic mass is 16.5. The summed E-state index contributed by atoms with van der Waals surface area (Å²) < 4.78 is 11.1. The molecule has 0 saturated carbocycles. The monoisotopic (exact) mass is 325 g/mol. The second-order valence-electron chi connectivity index (χ2n) is 5.15. The number of nitrogens with zero attached hydrogens (tertiary/aromatic N) is 1. The van der Waals surface area contributed by atoms with Gasteiger partial charge in [-0.15, -0.1) is 0 Å². The highest BCUT2D eigenvalue weighted by Crippen LogP contribution is 2.29. The topological polar surface area (TPSA) is 76.2 Å². The Labute approximate surface area is 139 Å². The summed E-state index contributed by atoms with van der Waals surface area (Å²) in [6.45, 7) is 4.83. The Balaban J connectivity index is 1.81. The Hall–Kier alpha value is -3.02. The zero-order chi connectivity index (χ0) is 16.9. The van der Waals surface area contributed by atoms with Gasteiger partial charge in [-0.05, 0) is 50.2 Å². The van der Waals surface area contributed by atoms with Gasteiger partial charge in [0, 0.05) is 16.6 Å². The first-order valence-corrected chi connectivity index (χ1v) is 7.85. The minimum absolute atomic E-state index is 0.210. The summed E-state index contributed by atoms with van der Waals surface area (Å²) in [5, 5.41) is 10.7. The van der Waals surface area contributed by atoms with E-state index in [4.69, 9.17) is 9.47 Å². The summed E-state index contributed by atoms with van der Waals surface area (Å²) >= 11 is 0. The van der Waals surface area contributed by atoms with Crippen LogP contribution in [-0.2, 0) is 0 Å². The number of carbonyl (C=O) groups is 1. The SMILES string of the molecule is CCOc1ccc(C(=O)Nc2ccc3cn[nH]c3c2)cc1OCC. The average Bonchev–Trinajstić information content (AvgIpc) is 3.04. The fraction of sp³-hybridized carbons (Fsp3) is 0.222. The average molecular weight is 325 g/mol. The van der Waals surface area contributed by atoms with Gasteiger partial charge in [0.25, 0.3) is 5.91 Å². The zero-order valence-electron chi connectivity index (χ0n) is 13.6. The van der Waals surface area contributed by atoms with Crippen molar-refractivity contribution in [2.45, 2.75) is 13.8 Å². The second kappa shape index (κ2) is 7.04. The number of nitrogens with one attached hydrogen (secondary N) is 2. The van der Waals surface area contributed by atoms with Crippen LogP contribution in [-0.4, -0.2) is 29.3 Å². The number of H-pyrrole nitrogens is 1. The molecule has 0 fully saturated rings. The van der Waals surface area contributed by atoms with Gasteiger partial charge in [-0.1, -0.05) is 0 Å². The predicted octanol–water partition coefficient (Wildman–Crippen LogP) is 3.61. The van der Waals surface area contributed by atoms with Crippen LogP contribution in [0.4, 0.5) is 5.69 Å². The van der Waals surface area contributed by atoms with Crippen LogP contribution in [0.3, 0.4) is 0 Å². The number of hydrogen-bond donors (Lipinski definition) is 2. The van der Waals surface area contributed by atoms with E-state index >= 15 is 0 Å². The standard InChI is InChI=1S/C18H19N3O3/c1-3-23-16-8-6-12(9-17(16)24-4-2)18(22)20-14-7-5-13-11-19-21-15(13)10-14/h5-11H,3-4H2,1-2H3,(H,19,21)(H,20,22). The molecule has 0 unspecified atom stereocenters. The molecule has 0 aliphatic rings. The molecule has 2 N–H and O–H groups in total. The molecule has 0 aliphatic heterocycles. The molecule has 0 radical (unpaired) electrons. The number of ether oxygens (including phenoxy) is 2. The third-order valence-electron chi connectivity index (χ3n) is 3.51. The molecule has 0 atom stereocenters. The van der Waals surface area contributed by atoms with E-state index in [9.17, 15) is 4.79 Å². The van der Waals surface area contributed by atoms with Gasteiger partial charge in [-0.25, -0.2) is 0 Å². The van der Waals surface area contributed by atoms with Crippen LogP contribution in [0.25, 0.3) is 10.9 Å². The Morgan fingerprint density at radius 1 is 1.08 bits per heavy atom. The van der Waals surface area contributed by atoms with E-state index in [0.717, 1.165) is 10.9 Å². The molecular formula is C18H19N3O3. The Bertz CT molecular complexity index is 858. The van der Waals surface area contributed by atoms with Crippen molar-refractivity contribution in [3.63, 3.8) is 0 Å². The Morgan fingerprint density at radius 2 is 1.88 bits per heavy atom. The van der Waals surface area contributed by atoms with E-state index in [0.29, 0.717) is 36.0 Å². The molecule has 1 aromatic heterocycles. The maximum atomic E-state index is 12.5. The maximum absolute atomic E-state index is 12.5. The van der Waals surface area contributed by atoms with Crippen LogP contribution in [0, 0.1) is 0 Å². The van der Waals surface area contributed by atoms with Crippen molar-refractivity contribution >= 4 is 22.5 Å². The van der Waals surface area contributed by atoms with Crippen LogP contribution in [0.1, 0.15) is 24.2 Å². The fourth-order valence-electron chi connectivity index (χ4n) is 2.41. The number of aromatic nitrogens is 2. The highest BCUT2D eigenvalue weighted by molar-refractivity contribution is 6.05. The van der Waals surface area contributed by atoms with E-state index in [1.165, 1.54) is 0 Å². The lowest BCUT2D eigenvalue weighted by molar-refractivity contribution is 0.102. The molecule has 24 heavy (non-hydrogen) atoms. The number of rotatable bonds is 6. The summed E-state index contributed by atoms with van der Waals surface area (Å²) in [5.74, 6) is 0.990. The van der Waals surface area contributed by atoms with Crippen molar-refractivity contribution in [3.05, 3.63) is 48.2 Å². The minimum Gasteiger partial charge on any atom is -0.490 e. The van der Waals surface area contributed by atoms with Crippen LogP contribution < -0.4 is 14.8 Å². The van der Waals surface area contributed by atoms with Crippen molar-refractivity contribution in [1.82, 2.24) is 10.2 Å². The third kappa shape index (κ3) is 3.32. The lowest BCUT2D eigenvalue weighted by atomic mass is 10.1. The van der Waals surface area contributed by atoms with Crippen LogP contribution in [0.5, 0.6) is 11.5 Å². The van der Waals surface area contributed by atoms with E-state index in [2.05, 4.69) is 15.5 Å². The fourth-order valence-corrected chi connectivity index (χ4v) is 2.41. The lowest BCUT2D eigenvalue weighted by Crippen LogP contribution is -2.12. The second-order valence-corrected chi connectivity index (χ2v) is 5.15. The van der Waals surface area contributed by atoms with Gasteiger partial charge in [-0.2, -0.15) is 5.10 Å². The number of fused-ring (bicyclic) bond motifs is 1. The van der Waals surface area contributed by atoms with E-state index in [1.54, 1.807) is 24.4 Å². The highest BCUT2D eigenvalue weighted by Gasteiger charge is 2.12. The molecule has 0 spiro atoms. The van der Waals surface area contributed by atoms with Crippen molar-refractivity contribution in [2.75, 3.05) is 18.5 Å². The molecule has 6 nitrogen and oxygen atoms in total. The number of amides is 1. The van der Waals surface area contributed by atoms with Crippen LogP contribution >= 0.6 is 0 Å². The van der Waals surface area contributed by atoms with E-state index in [-0.39, 0.29) is 5.91 Å². The van der Waals surface area contributed by atoms with Gasteiger partial charge in [0.2, 0.25) is 0 Å². The molecule has 1 heterocycles. The summed E-state index contributed by atoms with van der Waals surface area (Å²) in [6.07, 6.45) is 1.74. The quantitative estimate of drug-likeness (QED) is 0.726. The summed E-state index contributed by atoms with van der Waals surface area (Å²) in [7, 11) is 0. The van der Waals surface area contributed by atoms with Crippen LogP contribution in [0.2, 0.25) is 0 Å². The van der Waals surface area contributed by atoms with E-state index < -0.39 is 0 Å². The van der Waals surface area contributed by atoms with Gasteiger partial charge in [0.1, 0.15) is 0 Å². The molecule has 3 rings (SSSR count). The van der Waals surface area contributed by atoms with Gasteiger partial charge in [-0.3, -0.25) is 9.89 Å². The van der Waals surface area contributed by atoms with Crippen LogP contribution in [0.15, 0.2) is 42.6 Å². The number of carbonyl (C=O) groups excluding carboxylic acids is 1. The van der Waals surface area contributed by atoms with Crippen molar-refractivity contribution in [3.8, 4) is 11.5 Å². The number of aromatic amines is 1. The molecular weight excluding hydrogens is 306 g/mol. The normalized spacial score (nSPS) is 10.6. The lowest BCUT2D eigenvalue weighted by Gasteiger charge is -2.12. The zero-order valence-corrected chi connectivity index (χ0v) is 13.6. The molecule has 6 heteroatoms. The first-order chi connectivity index (χ1) is 11.7. The van der Waals surface area contributed by atoms with Gasteiger partial charge in [0.05, 0.1) is 24.9 Å². The molecule has 0 bridgehead atoms. The molecule has 2 aromatic carbocycles. The Kier molecular flexibility index (Phi) is 4.65. The summed E-state index contributed by atoms with van der Waals surface area (Å²) in [6, 6.07) is 10.8. The number of benzene rings is 2. The number of hydrogen-bond acceptors (Lipinski definition) is 4. The molecule has 0 saturated heterocycles. The summed E-state index contributed by atoms with van der Waals surface area (Å²) in [4.78, 5) is 12.5. The minimum atomic E-state index is -0.210. The Morgan fingerprint density at radius 3 is 2.67 bits per heavy atom. The largest absolute Gasteiger partial charge is 0.490 e. The van der Waals surface area contributed by atoms with Crippen molar-refractivity contribution in [1.29, 1.82) is 0 Å². The predicted molar refractivity (Wildman–Crippen MR) is 92.8 cm³/mol. The maximum Gasteiger partial charge on any atom is 0.255 e. The van der Waals surface area contributed by atoms with Crippen molar-refractivity contribution < 1.29 is 14.3 Å². The molecule has 0 aliphatic carbocycles. The number of anilines is 1. The first kappa shape index (κ1) is 15.9. The first-order valence-electron chi connectivity index (χ1n) is 7.85. The third-order valence-corrected chi connectivity index (χ3v) is 3.51.